The van der Waals surface area contributed by atoms with Crippen molar-refractivity contribution in [1.29, 1.82) is 0 Å². The standard InChI is InChI=1S/C12H17N3O5S/c1-21(18,19)20-8-10-2-5-13-11(14-10)9-3-6-15(7-4-9)12(16)17/h2,5,9H,3-4,6-8H2,1H3,(H,16,17). The van der Waals surface area contributed by atoms with Crippen LogP contribution in [0.3, 0.4) is 0 Å². The lowest BCUT2D eigenvalue weighted by molar-refractivity contribution is 0.131. The predicted molar refractivity (Wildman–Crippen MR) is 73.2 cm³/mol. The van der Waals surface area contributed by atoms with Gasteiger partial charge >= 0.3 is 6.09 Å². The smallest absolute Gasteiger partial charge is 0.407 e. The number of amides is 1. The van der Waals surface area contributed by atoms with Crippen molar-refractivity contribution in [3.05, 3.63) is 23.8 Å². The topological polar surface area (TPSA) is 110 Å². The van der Waals surface area contributed by atoms with Gasteiger partial charge in [-0.1, -0.05) is 0 Å². The summed E-state index contributed by atoms with van der Waals surface area (Å²) in [7, 11) is -3.51. The van der Waals surface area contributed by atoms with E-state index in [1.54, 1.807) is 12.3 Å². The SMILES string of the molecule is CS(=O)(=O)OCc1ccnc(C2CCN(C(=O)O)CC2)n1. The molecule has 0 unspecified atom stereocenters. The van der Waals surface area contributed by atoms with Gasteiger partial charge in [0.05, 0.1) is 11.9 Å². The first-order chi connectivity index (χ1) is 9.85. The molecule has 9 heteroatoms. The highest BCUT2D eigenvalue weighted by Crippen LogP contribution is 2.25. The van der Waals surface area contributed by atoms with Gasteiger partial charge in [-0.25, -0.2) is 14.8 Å². The first kappa shape index (κ1) is 15.6. The molecule has 0 bridgehead atoms. The molecule has 21 heavy (non-hydrogen) atoms. The Kier molecular flexibility index (Phi) is 4.73. The third kappa shape index (κ3) is 4.64. The Morgan fingerprint density at radius 3 is 2.71 bits per heavy atom. The summed E-state index contributed by atoms with van der Waals surface area (Å²) in [5.41, 5.74) is 0.492. The van der Waals surface area contributed by atoms with Crippen molar-refractivity contribution in [2.45, 2.75) is 25.4 Å². The molecule has 1 amide bonds. The van der Waals surface area contributed by atoms with Crippen LogP contribution in [0.2, 0.25) is 0 Å². The van der Waals surface area contributed by atoms with Crippen molar-refractivity contribution in [3.8, 4) is 0 Å². The van der Waals surface area contributed by atoms with E-state index in [4.69, 9.17) is 9.29 Å². The number of hydrogen-bond donors (Lipinski definition) is 1. The predicted octanol–water partition coefficient (Wildman–Crippen LogP) is 0.810. The van der Waals surface area contributed by atoms with Crippen LogP contribution in [0.5, 0.6) is 0 Å². The molecule has 8 nitrogen and oxygen atoms in total. The summed E-state index contributed by atoms with van der Waals surface area (Å²) in [6.45, 7) is 0.781. The highest BCUT2D eigenvalue weighted by Gasteiger charge is 2.25. The summed E-state index contributed by atoms with van der Waals surface area (Å²) in [5, 5.41) is 8.91. The quantitative estimate of drug-likeness (QED) is 0.819. The number of likely N-dealkylation sites (tertiary alicyclic amines) is 1. The Morgan fingerprint density at radius 2 is 2.14 bits per heavy atom. The Hall–Kier alpha value is -1.74. The van der Waals surface area contributed by atoms with Gasteiger partial charge in [0.1, 0.15) is 12.4 Å². The van der Waals surface area contributed by atoms with Crippen molar-refractivity contribution in [2.75, 3.05) is 19.3 Å². The second-order valence-electron chi connectivity index (χ2n) is 4.92. The van der Waals surface area contributed by atoms with Gasteiger partial charge in [-0.2, -0.15) is 8.42 Å². The van der Waals surface area contributed by atoms with Crippen LogP contribution in [0.4, 0.5) is 4.79 Å². The second kappa shape index (κ2) is 6.35. The van der Waals surface area contributed by atoms with Gasteiger partial charge in [-0.05, 0) is 18.9 Å². The van der Waals surface area contributed by atoms with Gasteiger partial charge in [0.25, 0.3) is 10.1 Å². The molecule has 2 heterocycles. The van der Waals surface area contributed by atoms with Crippen LogP contribution < -0.4 is 0 Å². The minimum absolute atomic E-state index is 0.0822. The van der Waals surface area contributed by atoms with Gasteiger partial charge < -0.3 is 10.0 Å². The zero-order valence-electron chi connectivity index (χ0n) is 11.6. The number of carboxylic acid groups (broad SMARTS) is 1. The molecular formula is C12H17N3O5S. The zero-order valence-corrected chi connectivity index (χ0v) is 12.4. The first-order valence-electron chi connectivity index (χ1n) is 6.49. The molecule has 0 saturated carbocycles. The molecule has 1 saturated heterocycles. The molecule has 1 fully saturated rings. The van der Waals surface area contributed by atoms with Crippen LogP contribution >= 0.6 is 0 Å². The minimum Gasteiger partial charge on any atom is -0.465 e. The summed E-state index contributed by atoms with van der Waals surface area (Å²) < 4.78 is 26.6. The summed E-state index contributed by atoms with van der Waals surface area (Å²) in [6, 6.07) is 1.60. The molecule has 0 spiro atoms. The number of nitrogens with zero attached hydrogens (tertiary/aromatic N) is 3. The third-order valence-corrected chi connectivity index (χ3v) is 3.83. The van der Waals surface area contributed by atoms with Crippen molar-refractivity contribution in [1.82, 2.24) is 14.9 Å². The molecule has 116 valence electrons. The number of piperidine rings is 1. The van der Waals surface area contributed by atoms with E-state index >= 15 is 0 Å². The average molecular weight is 315 g/mol. The Morgan fingerprint density at radius 1 is 1.48 bits per heavy atom. The third-order valence-electron chi connectivity index (χ3n) is 3.28. The molecular weight excluding hydrogens is 298 g/mol. The van der Waals surface area contributed by atoms with Crippen LogP contribution in [0.15, 0.2) is 12.3 Å². The molecule has 1 aliphatic heterocycles. The van der Waals surface area contributed by atoms with Crippen LogP contribution in [0.25, 0.3) is 0 Å². The fraction of sp³-hybridized carbons (Fsp3) is 0.583. The molecule has 0 aliphatic carbocycles. The molecule has 1 aromatic rings. The minimum atomic E-state index is -3.51. The largest absolute Gasteiger partial charge is 0.465 e. The maximum absolute atomic E-state index is 11.0. The highest BCUT2D eigenvalue weighted by molar-refractivity contribution is 7.85. The van der Waals surface area contributed by atoms with Gasteiger partial charge in [0.2, 0.25) is 0 Å². The van der Waals surface area contributed by atoms with Crippen molar-refractivity contribution in [2.24, 2.45) is 0 Å². The molecule has 0 radical (unpaired) electrons. The molecule has 1 aromatic heterocycles. The van der Waals surface area contributed by atoms with E-state index in [9.17, 15) is 13.2 Å². The Labute approximate surface area is 122 Å². The fourth-order valence-electron chi connectivity index (χ4n) is 2.19. The molecule has 0 aromatic carbocycles. The number of carbonyl (C=O) groups is 1. The van der Waals surface area contributed by atoms with Gasteiger partial charge in [-0.15, -0.1) is 0 Å². The maximum atomic E-state index is 11.0. The number of aromatic nitrogens is 2. The fourth-order valence-corrected chi connectivity index (χ4v) is 2.52. The molecule has 2 rings (SSSR count). The summed E-state index contributed by atoms with van der Waals surface area (Å²) in [5.74, 6) is 0.688. The summed E-state index contributed by atoms with van der Waals surface area (Å²) >= 11 is 0. The van der Waals surface area contributed by atoms with Gasteiger partial charge in [-0.3, -0.25) is 4.18 Å². The summed E-state index contributed by atoms with van der Waals surface area (Å²) in [6.07, 6.45) is 2.94. The van der Waals surface area contributed by atoms with E-state index in [-0.39, 0.29) is 12.5 Å². The Balaban J connectivity index is 2.00. The Bertz CT molecular complexity index is 611. The van der Waals surface area contributed by atoms with E-state index < -0.39 is 16.2 Å². The van der Waals surface area contributed by atoms with Gasteiger partial charge in [0, 0.05) is 25.2 Å². The first-order valence-corrected chi connectivity index (χ1v) is 8.31. The van der Waals surface area contributed by atoms with E-state index in [0.717, 1.165) is 6.26 Å². The lowest BCUT2D eigenvalue weighted by Crippen LogP contribution is -2.37. The average Bonchev–Trinajstić information content (AvgIpc) is 2.45. The van der Waals surface area contributed by atoms with Crippen LogP contribution in [0.1, 0.15) is 30.3 Å². The van der Waals surface area contributed by atoms with Crippen LogP contribution in [-0.2, 0) is 20.9 Å². The lowest BCUT2D eigenvalue weighted by Gasteiger charge is -2.29. The summed E-state index contributed by atoms with van der Waals surface area (Å²) in [4.78, 5) is 20.7. The second-order valence-corrected chi connectivity index (χ2v) is 6.56. The van der Waals surface area contributed by atoms with Crippen molar-refractivity contribution in [3.63, 3.8) is 0 Å². The van der Waals surface area contributed by atoms with E-state index in [1.807, 2.05) is 0 Å². The van der Waals surface area contributed by atoms with Gasteiger partial charge in [0.15, 0.2) is 0 Å². The van der Waals surface area contributed by atoms with Crippen LogP contribution in [0, 0.1) is 0 Å². The normalized spacial score (nSPS) is 16.9. The maximum Gasteiger partial charge on any atom is 0.407 e. The zero-order chi connectivity index (χ0) is 15.5. The van der Waals surface area contributed by atoms with Crippen LogP contribution in [-0.4, -0.2) is 53.8 Å². The van der Waals surface area contributed by atoms with Crippen molar-refractivity contribution >= 4 is 16.2 Å². The monoisotopic (exact) mass is 315 g/mol. The van der Waals surface area contributed by atoms with Crippen molar-refractivity contribution < 1.29 is 22.5 Å². The van der Waals surface area contributed by atoms with E-state index in [1.165, 1.54) is 4.90 Å². The number of rotatable bonds is 4. The highest BCUT2D eigenvalue weighted by atomic mass is 32.2. The molecule has 0 atom stereocenters. The number of hydrogen-bond acceptors (Lipinski definition) is 6. The van der Waals surface area contributed by atoms with E-state index in [0.29, 0.717) is 37.4 Å². The molecule has 1 aliphatic rings. The van der Waals surface area contributed by atoms with E-state index in [2.05, 4.69) is 9.97 Å². The molecule has 1 N–H and O–H groups in total. The lowest BCUT2D eigenvalue weighted by atomic mass is 9.96.